The van der Waals surface area contributed by atoms with Gasteiger partial charge in [-0.2, -0.15) is 4.99 Å². The lowest BCUT2D eigenvalue weighted by Gasteiger charge is -1.99. The quantitative estimate of drug-likeness (QED) is 0.631. The molecule has 19 heavy (non-hydrogen) atoms. The molecule has 0 fully saturated rings. The van der Waals surface area contributed by atoms with E-state index < -0.39 is 10.8 Å². The number of hydrogen-bond donors (Lipinski definition) is 0. The minimum absolute atomic E-state index is 0.0807. The molecule has 2 rings (SSSR count). The molecule has 1 heterocycles. The van der Waals surface area contributed by atoms with Gasteiger partial charge < -0.3 is 4.57 Å². The smallest absolute Gasteiger partial charge is 0.286 e. The van der Waals surface area contributed by atoms with Gasteiger partial charge in [0.25, 0.3) is 11.6 Å². The van der Waals surface area contributed by atoms with E-state index in [-0.39, 0.29) is 16.3 Å². The Morgan fingerprint density at radius 2 is 2.26 bits per heavy atom. The number of carbonyl (C=O) groups is 1. The molecule has 6 nitrogen and oxygen atoms in total. The topological polar surface area (TPSA) is 77.5 Å². The number of amides is 1. The highest BCUT2D eigenvalue weighted by atomic mass is 35.5. The van der Waals surface area contributed by atoms with Crippen LogP contribution in [0.4, 0.5) is 5.69 Å². The SMILES string of the molecule is Cn1ccsc1=NC(=O)c1ccc(Cl)cc1[N+](=O)[O-]. The van der Waals surface area contributed by atoms with Gasteiger partial charge in [-0.25, -0.2) is 0 Å². The Bertz CT molecular complexity index is 720. The third kappa shape index (κ3) is 2.88. The lowest BCUT2D eigenvalue weighted by atomic mass is 10.2. The standard InChI is InChI=1S/C11H8ClN3O3S/c1-14-4-5-19-11(14)13-10(16)8-3-2-7(12)6-9(8)15(17)18/h2-6H,1H3. The first-order valence-electron chi connectivity index (χ1n) is 5.12. The number of nitro benzene ring substituents is 1. The molecular weight excluding hydrogens is 290 g/mol. The van der Waals surface area contributed by atoms with Gasteiger partial charge in [-0.15, -0.1) is 11.3 Å². The molecule has 0 bridgehead atoms. The summed E-state index contributed by atoms with van der Waals surface area (Å²) in [5.74, 6) is -0.665. The third-order valence-electron chi connectivity index (χ3n) is 2.34. The number of aryl methyl sites for hydroxylation is 1. The number of carbonyl (C=O) groups excluding carboxylic acids is 1. The molecule has 1 aromatic carbocycles. The molecule has 0 N–H and O–H groups in total. The fourth-order valence-electron chi connectivity index (χ4n) is 1.42. The minimum atomic E-state index is -0.665. The van der Waals surface area contributed by atoms with Crippen LogP contribution >= 0.6 is 22.9 Å². The van der Waals surface area contributed by atoms with E-state index in [4.69, 9.17) is 11.6 Å². The van der Waals surface area contributed by atoms with E-state index in [9.17, 15) is 14.9 Å². The summed E-state index contributed by atoms with van der Waals surface area (Å²) in [5, 5.41) is 12.9. The minimum Gasteiger partial charge on any atom is -0.327 e. The average molecular weight is 298 g/mol. The summed E-state index contributed by atoms with van der Waals surface area (Å²) >= 11 is 6.95. The number of thiazole rings is 1. The molecule has 1 amide bonds. The van der Waals surface area contributed by atoms with Crippen LogP contribution in [0.2, 0.25) is 5.02 Å². The Balaban J connectivity index is 2.51. The maximum Gasteiger partial charge on any atom is 0.286 e. The molecule has 2 aromatic rings. The first-order valence-corrected chi connectivity index (χ1v) is 6.38. The second-order valence-corrected chi connectivity index (χ2v) is 4.94. The molecule has 0 aliphatic rings. The second kappa shape index (κ2) is 5.33. The van der Waals surface area contributed by atoms with Crippen molar-refractivity contribution in [1.82, 2.24) is 4.57 Å². The average Bonchev–Trinajstić information content (AvgIpc) is 2.74. The summed E-state index contributed by atoms with van der Waals surface area (Å²) in [5.41, 5.74) is -0.428. The van der Waals surface area contributed by atoms with Gasteiger partial charge in [0.1, 0.15) is 5.56 Å². The summed E-state index contributed by atoms with van der Waals surface area (Å²) in [6.07, 6.45) is 1.74. The van der Waals surface area contributed by atoms with Crippen LogP contribution < -0.4 is 4.80 Å². The highest BCUT2D eigenvalue weighted by molar-refractivity contribution is 7.07. The van der Waals surface area contributed by atoms with Crippen LogP contribution in [-0.4, -0.2) is 15.4 Å². The lowest BCUT2D eigenvalue weighted by molar-refractivity contribution is -0.385. The van der Waals surface area contributed by atoms with Crippen molar-refractivity contribution in [3.8, 4) is 0 Å². The molecule has 0 radical (unpaired) electrons. The predicted molar refractivity (Wildman–Crippen MR) is 71.3 cm³/mol. The number of nitro groups is 1. The van der Waals surface area contributed by atoms with Crippen LogP contribution in [0.1, 0.15) is 10.4 Å². The molecule has 0 atom stereocenters. The Morgan fingerprint density at radius 3 is 2.84 bits per heavy atom. The third-order valence-corrected chi connectivity index (χ3v) is 3.43. The van der Waals surface area contributed by atoms with Crippen molar-refractivity contribution in [3.05, 3.63) is 55.3 Å². The van der Waals surface area contributed by atoms with E-state index in [0.717, 1.165) is 6.07 Å². The van der Waals surface area contributed by atoms with Crippen molar-refractivity contribution in [2.45, 2.75) is 0 Å². The first kappa shape index (κ1) is 13.4. The van der Waals surface area contributed by atoms with Gasteiger partial charge in [0, 0.05) is 29.7 Å². The molecule has 0 aliphatic heterocycles. The van der Waals surface area contributed by atoms with Crippen LogP contribution in [0.5, 0.6) is 0 Å². The van der Waals surface area contributed by atoms with E-state index in [2.05, 4.69) is 4.99 Å². The van der Waals surface area contributed by atoms with Crippen LogP contribution in [0.3, 0.4) is 0 Å². The summed E-state index contributed by atoms with van der Waals surface area (Å²) in [6, 6.07) is 3.87. The monoisotopic (exact) mass is 297 g/mol. The van der Waals surface area contributed by atoms with Gasteiger partial charge in [-0.05, 0) is 12.1 Å². The van der Waals surface area contributed by atoms with Crippen molar-refractivity contribution in [2.75, 3.05) is 0 Å². The normalized spacial score (nSPS) is 11.6. The van der Waals surface area contributed by atoms with Gasteiger partial charge >= 0.3 is 0 Å². The van der Waals surface area contributed by atoms with E-state index in [0.29, 0.717) is 4.80 Å². The van der Waals surface area contributed by atoms with Gasteiger partial charge in [0.05, 0.1) is 4.92 Å². The number of benzene rings is 1. The number of hydrogen-bond acceptors (Lipinski definition) is 4. The molecule has 1 aromatic heterocycles. The van der Waals surface area contributed by atoms with Gasteiger partial charge in [-0.1, -0.05) is 11.6 Å². The van der Waals surface area contributed by atoms with E-state index in [1.54, 1.807) is 23.2 Å². The largest absolute Gasteiger partial charge is 0.327 e. The Hall–Kier alpha value is -1.99. The number of nitrogens with zero attached hydrogens (tertiary/aromatic N) is 3. The zero-order chi connectivity index (χ0) is 14.0. The fraction of sp³-hybridized carbons (Fsp3) is 0.0909. The van der Waals surface area contributed by atoms with Crippen molar-refractivity contribution >= 4 is 34.5 Å². The Morgan fingerprint density at radius 1 is 1.53 bits per heavy atom. The highest BCUT2D eigenvalue weighted by Crippen LogP contribution is 2.23. The first-order chi connectivity index (χ1) is 8.99. The van der Waals surface area contributed by atoms with Crippen LogP contribution in [0.15, 0.2) is 34.8 Å². The zero-order valence-electron chi connectivity index (χ0n) is 9.74. The highest BCUT2D eigenvalue weighted by Gasteiger charge is 2.20. The fourth-order valence-corrected chi connectivity index (χ4v) is 2.31. The second-order valence-electron chi connectivity index (χ2n) is 3.63. The summed E-state index contributed by atoms with van der Waals surface area (Å²) in [6.45, 7) is 0. The molecular formula is C11H8ClN3O3S. The van der Waals surface area contributed by atoms with Crippen molar-refractivity contribution in [3.63, 3.8) is 0 Å². The van der Waals surface area contributed by atoms with E-state index >= 15 is 0 Å². The van der Waals surface area contributed by atoms with E-state index in [1.165, 1.54) is 23.5 Å². The van der Waals surface area contributed by atoms with Crippen molar-refractivity contribution < 1.29 is 9.72 Å². The Kier molecular flexibility index (Phi) is 3.77. The number of halogens is 1. The molecule has 8 heteroatoms. The maximum absolute atomic E-state index is 12.0. The lowest BCUT2D eigenvalue weighted by Crippen LogP contribution is -2.13. The summed E-state index contributed by atoms with van der Waals surface area (Å²) in [4.78, 5) is 26.6. The van der Waals surface area contributed by atoms with Crippen LogP contribution in [0, 0.1) is 10.1 Å². The van der Waals surface area contributed by atoms with Gasteiger partial charge in [0.2, 0.25) is 0 Å². The zero-order valence-corrected chi connectivity index (χ0v) is 11.3. The maximum atomic E-state index is 12.0. The molecule has 0 aliphatic carbocycles. The van der Waals surface area contributed by atoms with Crippen LogP contribution in [-0.2, 0) is 7.05 Å². The molecule has 0 saturated carbocycles. The molecule has 98 valence electrons. The van der Waals surface area contributed by atoms with Crippen LogP contribution in [0.25, 0.3) is 0 Å². The van der Waals surface area contributed by atoms with E-state index in [1.807, 2.05) is 0 Å². The number of aromatic nitrogens is 1. The summed E-state index contributed by atoms with van der Waals surface area (Å²) in [7, 11) is 1.74. The summed E-state index contributed by atoms with van der Waals surface area (Å²) < 4.78 is 1.66. The molecule has 0 spiro atoms. The van der Waals surface area contributed by atoms with Crippen molar-refractivity contribution in [2.24, 2.45) is 12.0 Å². The predicted octanol–water partition coefficient (Wildman–Crippen LogP) is 2.39. The molecule has 0 saturated heterocycles. The Labute approximate surface area is 116 Å². The van der Waals surface area contributed by atoms with Gasteiger partial charge in [-0.3, -0.25) is 14.9 Å². The number of rotatable bonds is 2. The van der Waals surface area contributed by atoms with Crippen molar-refractivity contribution in [1.29, 1.82) is 0 Å². The van der Waals surface area contributed by atoms with Gasteiger partial charge in [0.15, 0.2) is 4.80 Å². The molecule has 0 unspecified atom stereocenters.